The van der Waals surface area contributed by atoms with Crippen molar-refractivity contribution >= 4 is 61.7 Å². The molecule has 0 spiro atoms. The lowest BCUT2D eigenvalue weighted by molar-refractivity contribution is -0.115. The maximum Gasteiger partial charge on any atom is 0.264 e. The molecule has 0 atom stereocenters. The number of rotatable bonds is 3. The molecule has 3 rings (SSSR count). The summed E-state index contributed by atoms with van der Waals surface area (Å²) in [5.41, 5.74) is 2.22. The van der Waals surface area contributed by atoms with Crippen LogP contribution in [0.5, 0.6) is 0 Å². The van der Waals surface area contributed by atoms with Crippen LogP contribution in [-0.2, 0) is 14.9 Å². The fourth-order valence-corrected chi connectivity index (χ4v) is 4.00. The molecule has 2 aromatic rings. The smallest absolute Gasteiger partial charge is 0.264 e. The first-order chi connectivity index (χ1) is 13.5. The van der Waals surface area contributed by atoms with Crippen LogP contribution >= 0.6 is 23.5 Å². The van der Waals surface area contributed by atoms with E-state index in [-0.39, 0.29) is 11.1 Å². The summed E-state index contributed by atoms with van der Waals surface area (Å²) in [4.78, 5) is 17.5. The lowest BCUT2D eigenvalue weighted by atomic mass is 10.1. The van der Waals surface area contributed by atoms with Crippen molar-refractivity contribution in [1.29, 1.82) is 10.7 Å². The Hall–Kier alpha value is -2.39. The maximum absolute atomic E-state index is 11.8. The van der Waals surface area contributed by atoms with E-state index in [2.05, 4.69) is 30.2 Å². The molecule has 1 aromatic heterocycles. The molecule has 11 heteroatoms. The van der Waals surface area contributed by atoms with Crippen molar-refractivity contribution in [1.82, 2.24) is 10.3 Å². The molecule has 0 aliphatic carbocycles. The zero-order chi connectivity index (χ0) is 21.8. The number of benzene rings is 1. The first kappa shape index (κ1) is 22.9. The Morgan fingerprint density at radius 2 is 2.07 bits per heavy atom. The van der Waals surface area contributed by atoms with Gasteiger partial charge in [0, 0.05) is 21.7 Å². The van der Waals surface area contributed by atoms with E-state index in [1.165, 1.54) is 0 Å². The number of fused-ring (bicyclic) bond motifs is 1. The van der Waals surface area contributed by atoms with Gasteiger partial charge in [-0.05, 0) is 35.5 Å². The highest BCUT2D eigenvalue weighted by molar-refractivity contribution is 8.18. The molecule has 0 saturated carbocycles. The minimum Gasteiger partial charge on any atom is -0.301 e. The summed E-state index contributed by atoms with van der Waals surface area (Å²) in [6.45, 7) is 4.16. The van der Waals surface area contributed by atoms with Crippen LogP contribution in [0.3, 0.4) is 0 Å². The Labute approximate surface area is 177 Å². The van der Waals surface area contributed by atoms with E-state index in [1.807, 2.05) is 18.2 Å². The second-order valence-corrected chi connectivity index (χ2v) is 10.3. The highest BCUT2D eigenvalue weighted by atomic mass is 32.2. The van der Waals surface area contributed by atoms with Gasteiger partial charge in [0.05, 0.1) is 22.2 Å². The van der Waals surface area contributed by atoms with Gasteiger partial charge in [-0.25, -0.2) is 0 Å². The van der Waals surface area contributed by atoms with Gasteiger partial charge in [0.15, 0.2) is 5.17 Å². The minimum absolute atomic E-state index is 0.136. The number of carbonyl (C=O) groups excluding carboxylic acids is 1. The zero-order valence-electron chi connectivity index (χ0n) is 15.8. The van der Waals surface area contributed by atoms with Gasteiger partial charge in [0.1, 0.15) is 6.07 Å². The molecule has 1 aliphatic rings. The molecular formula is C18H18N4O4S3. The molecule has 1 fully saturated rings. The van der Waals surface area contributed by atoms with E-state index in [0.717, 1.165) is 33.1 Å². The van der Waals surface area contributed by atoms with E-state index in [1.54, 1.807) is 24.0 Å². The molecule has 1 aromatic carbocycles. The lowest BCUT2D eigenvalue weighted by Crippen LogP contribution is -2.18. The predicted molar refractivity (Wildman–Crippen MR) is 116 cm³/mol. The molecule has 1 amide bonds. The van der Waals surface area contributed by atoms with Crippen LogP contribution in [0.15, 0.2) is 34.2 Å². The largest absolute Gasteiger partial charge is 0.301 e. The van der Waals surface area contributed by atoms with Gasteiger partial charge in [-0.1, -0.05) is 19.9 Å². The molecule has 1 aliphatic heterocycles. The number of pyridine rings is 1. The van der Waals surface area contributed by atoms with E-state index in [4.69, 9.17) is 9.96 Å². The van der Waals surface area contributed by atoms with Crippen molar-refractivity contribution in [2.75, 3.05) is 6.26 Å². The average Bonchev–Trinajstić information content (AvgIpc) is 2.90. The van der Waals surface area contributed by atoms with Crippen molar-refractivity contribution in [3.8, 4) is 6.07 Å². The first-order valence-corrected chi connectivity index (χ1v) is 11.7. The standard InChI is InChI=1S/C17H14N4OS2.CH4O3S/c1-9(2)23-15-11(7-18)8-20-13-4-3-10(5-12(13)15)6-14-16(22)21-17(19)24-14;1-5(2,3)4/h3-6,8-9H,1-2H3,(H2,19,21,22);1H3,(H,2,3,4)/b14-6-;. The monoisotopic (exact) mass is 450 g/mol. The number of nitriles is 1. The molecule has 0 radical (unpaired) electrons. The van der Waals surface area contributed by atoms with Crippen molar-refractivity contribution in [3.63, 3.8) is 0 Å². The van der Waals surface area contributed by atoms with E-state index in [0.29, 0.717) is 22.0 Å². The van der Waals surface area contributed by atoms with Gasteiger partial charge >= 0.3 is 0 Å². The van der Waals surface area contributed by atoms with E-state index < -0.39 is 10.1 Å². The third-order valence-electron chi connectivity index (χ3n) is 3.28. The van der Waals surface area contributed by atoms with Gasteiger partial charge < -0.3 is 5.32 Å². The predicted octanol–water partition coefficient (Wildman–Crippen LogP) is 3.25. The number of hydrogen-bond donors (Lipinski definition) is 3. The summed E-state index contributed by atoms with van der Waals surface area (Å²) in [6.07, 6.45) is 4.07. The fourth-order valence-electron chi connectivity index (χ4n) is 2.31. The van der Waals surface area contributed by atoms with Crippen molar-refractivity contribution < 1.29 is 17.8 Å². The average molecular weight is 451 g/mol. The molecule has 3 N–H and O–H groups in total. The number of amides is 1. The normalized spacial score (nSPS) is 15.2. The Balaban J connectivity index is 0.000000537. The second kappa shape index (κ2) is 9.41. The quantitative estimate of drug-likeness (QED) is 0.367. The summed E-state index contributed by atoms with van der Waals surface area (Å²) in [7, 11) is -3.67. The summed E-state index contributed by atoms with van der Waals surface area (Å²) in [6, 6.07) is 7.91. The van der Waals surface area contributed by atoms with Crippen LogP contribution in [0.25, 0.3) is 17.0 Å². The molecule has 8 nitrogen and oxygen atoms in total. The van der Waals surface area contributed by atoms with Crippen LogP contribution in [0, 0.1) is 16.7 Å². The number of thioether (sulfide) groups is 2. The number of amidine groups is 1. The topological polar surface area (TPSA) is 144 Å². The Bertz CT molecular complexity index is 1140. The molecular weight excluding hydrogens is 432 g/mol. The molecule has 1 saturated heterocycles. The van der Waals surface area contributed by atoms with Gasteiger partial charge in [-0.3, -0.25) is 19.7 Å². The summed E-state index contributed by atoms with van der Waals surface area (Å²) < 4.78 is 25.9. The number of nitrogens with one attached hydrogen (secondary N) is 2. The minimum atomic E-state index is -3.67. The van der Waals surface area contributed by atoms with Gasteiger partial charge in [-0.15, -0.1) is 11.8 Å². The first-order valence-electron chi connectivity index (χ1n) is 8.19. The van der Waals surface area contributed by atoms with Gasteiger partial charge in [0.25, 0.3) is 16.0 Å². The molecule has 2 heterocycles. The number of carbonyl (C=O) groups is 1. The zero-order valence-corrected chi connectivity index (χ0v) is 18.2. The highest BCUT2D eigenvalue weighted by Gasteiger charge is 2.22. The van der Waals surface area contributed by atoms with Crippen molar-refractivity contribution in [3.05, 3.63) is 40.4 Å². The number of nitrogens with zero attached hydrogens (tertiary/aromatic N) is 2. The third kappa shape index (κ3) is 6.86. The SMILES string of the molecule is CC(C)Sc1c(C#N)cnc2ccc(/C=C3\SC(=N)NC3=O)cc12.CS(=O)(=O)O. The molecule has 0 bridgehead atoms. The van der Waals surface area contributed by atoms with E-state index >= 15 is 0 Å². The van der Waals surface area contributed by atoms with Gasteiger partial charge in [0.2, 0.25) is 0 Å². The van der Waals surface area contributed by atoms with Crippen molar-refractivity contribution in [2.24, 2.45) is 0 Å². The highest BCUT2D eigenvalue weighted by Crippen LogP contribution is 2.34. The molecule has 0 unspecified atom stereocenters. The fraction of sp³-hybridized carbons (Fsp3) is 0.222. The lowest BCUT2D eigenvalue weighted by Gasteiger charge is -2.11. The number of aromatic nitrogens is 1. The van der Waals surface area contributed by atoms with Crippen LogP contribution in [-0.4, -0.2) is 40.5 Å². The van der Waals surface area contributed by atoms with Crippen LogP contribution in [0.4, 0.5) is 0 Å². The molecule has 29 heavy (non-hydrogen) atoms. The Morgan fingerprint density at radius 1 is 1.41 bits per heavy atom. The van der Waals surface area contributed by atoms with Crippen molar-refractivity contribution in [2.45, 2.75) is 24.0 Å². The van der Waals surface area contributed by atoms with Crippen LogP contribution < -0.4 is 5.32 Å². The second-order valence-electron chi connectivity index (χ2n) is 6.18. The summed E-state index contributed by atoms with van der Waals surface area (Å²) in [5.74, 6) is -0.259. The van der Waals surface area contributed by atoms with Crippen LogP contribution in [0.2, 0.25) is 0 Å². The van der Waals surface area contributed by atoms with Crippen LogP contribution in [0.1, 0.15) is 25.0 Å². The Kier molecular flexibility index (Phi) is 7.43. The van der Waals surface area contributed by atoms with E-state index in [9.17, 15) is 18.5 Å². The Morgan fingerprint density at radius 3 is 2.59 bits per heavy atom. The summed E-state index contributed by atoms with van der Waals surface area (Å²) in [5, 5.41) is 20.7. The third-order valence-corrected chi connectivity index (χ3v) is 5.25. The number of hydrogen-bond acceptors (Lipinski definition) is 8. The molecule has 152 valence electrons. The summed E-state index contributed by atoms with van der Waals surface area (Å²) >= 11 is 2.74. The maximum atomic E-state index is 11.8. The van der Waals surface area contributed by atoms with Gasteiger partial charge in [-0.2, -0.15) is 13.7 Å².